The van der Waals surface area contributed by atoms with Crippen LogP contribution in [-0.2, 0) is 6.42 Å². The highest BCUT2D eigenvalue weighted by Crippen LogP contribution is 2.37. The number of nitrogens with zero attached hydrogens (tertiary/aromatic N) is 3. The van der Waals surface area contributed by atoms with Crippen LogP contribution in [0.1, 0.15) is 70.6 Å². The highest BCUT2D eigenvalue weighted by Gasteiger charge is 2.13. The number of rotatable bonds is 13. The second-order valence-electron chi connectivity index (χ2n) is 12.0. The highest BCUT2D eigenvalue weighted by atomic mass is 14.9. The van der Waals surface area contributed by atoms with Crippen molar-refractivity contribution in [2.75, 3.05) is 18.8 Å². The van der Waals surface area contributed by atoms with E-state index in [1.54, 1.807) is 0 Å². The molecular formula is C49H59N5. The van der Waals surface area contributed by atoms with Crippen LogP contribution in [0.3, 0.4) is 0 Å². The first-order valence-corrected chi connectivity index (χ1v) is 18.8. The van der Waals surface area contributed by atoms with Gasteiger partial charge in [-0.1, -0.05) is 149 Å². The summed E-state index contributed by atoms with van der Waals surface area (Å²) in [5, 5.41) is 9.63. The summed E-state index contributed by atoms with van der Waals surface area (Å²) >= 11 is 0. The first-order valence-electron chi connectivity index (χ1n) is 18.8. The van der Waals surface area contributed by atoms with Gasteiger partial charge in [0.05, 0.1) is 6.54 Å². The van der Waals surface area contributed by atoms with E-state index in [-0.39, 0.29) is 0 Å². The van der Waals surface area contributed by atoms with Gasteiger partial charge in [0.15, 0.2) is 5.84 Å². The second-order valence-corrected chi connectivity index (χ2v) is 12.0. The molecule has 280 valence electrons. The number of allylic oxidation sites excluding steroid dienone is 3. The molecule has 0 aromatic heterocycles. The molecule has 0 fully saturated rings. The number of hydrogen-bond acceptors (Lipinski definition) is 4. The number of nitrogens with one attached hydrogen (secondary N) is 1. The normalized spacial score (nSPS) is 10.9. The molecule has 5 aromatic rings. The van der Waals surface area contributed by atoms with E-state index in [2.05, 4.69) is 140 Å². The molecule has 0 atom stereocenters. The lowest BCUT2D eigenvalue weighted by Gasteiger charge is -2.16. The highest BCUT2D eigenvalue weighted by molar-refractivity contribution is 6.02. The van der Waals surface area contributed by atoms with E-state index in [9.17, 15) is 0 Å². The Morgan fingerprint density at radius 3 is 2.15 bits per heavy atom. The van der Waals surface area contributed by atoms with E-state index in [1.807, 2.05) is 63.3 Å². The van der Waals surface area contributed by atoms with E-state index >= 15 is 0 Å². The number of amidine groups is 1. The standard InChI is InChI=1S/C34H30N4.C9H15N.C4H8.C2H6/c1-37-34(38-20-8-19-35)29-13-7-12-27(23-29)26-11-6-9-24(21-26)22-28-18-17-25-10-2-3-14-30(25)33(28)31-15-4-5-16-32(31)36;1-4-6-9(7-5-2)8-10-3;1-3-4-2;1-2/h2-7,9-19,21,23,35H,1,8,20,22,36H2;4,6-7H,3,5,8H2,1-2H3;3H,1,4H2,2H3;1-2H3/b;6-4-,9-7+;;. The van der Waals surface area contributed by atoms with Gasteiger partial charge in [0.1, 0.15) is 0 Å². The van der Waals surface area contributed by atoms with Gasteiger partial charge < -0.3 is 11.1 Å². The number of fused-ring (bicyclic) bond motifs is 1. The van der Waals surface area contributed by atoms with E-state index in [4.69, 9.17) is 11.1 Å². The van der Waals surface area contributed by atoms with Crippen LogP contribution in [0, 0.1) is 5.41 Å². The van der Waals surface area contributed by atoms with Crippen molar-refractivity contribution in [1.29, 1.82) is 5.41 Å². The van der Waals surface area contributed by atoms with Gasteiger partial charge in [-0.05, 0) is 102 Å². The monoisotopic (exact) mass is 717 g/mol. The van der Waals surface area contributed by atoms with Crippen LogP contribution >= 0.6 is 0 Å². The zero-order chi connectivity index (χ0) is 39.6. The van der Waals surface area contributed by atoms with Gasteiger partial charge in [0.25, 0.3) is 0 Å². The molecule has 5 rings (SSSR count). The zero-order valence-corrected chi connectivity index (χ0v) is 33.1. The summed E-state index contributed by atoms with van der Waals surface area (Å²) in [4.78, 5) is 12.4. The Kier molecular flexibility index (Phi) is 21.2. The third-order valence-electron chi connectivity index (χ3n) is 8.14. The number of nitrogen functional groups attached to an aromatic ring is 1. The van der Waals surface area contributed by atoms with Crippen LogP contribution in [0.4, 0.5) is 5.69 Å². The third-order valence-corrected chi connectivity index (χ3v) is 8.14. The molecule has 3 N–H and O–H groups in total. The lowest BCUT2D eigenvalue weighted by atomic mass is 9.89. The molecule has 5 aromatic carbocycles. The summed E-state index contributed by atoms with van der Waals surface area (Å²) in [6.07, 6.45) is 13.0. The molecule has 0 aliphatic carbocycles. The summed E-state index contributed by atoms with van der Waals surface area (Å²) in [6.45, 7) is 22.1. The molecule has 0 unspecified atom stereocenters. The molecule has 5 heteroatoms. The molecule has 0 saturated carbocycles. The van der Waals surface area contributed by atoms with Crippen molar-refractivity contribution in [2.45, 2.75) is 60.3 Å². The van der Waals surface area contributed by atoms with Gasteiger partial charge >= 0.3 is 0 Å². The summed E-state index contributed by atoms with van der Waals surface area (Å²) < 4.78 is 0. The van der Waals surface area contributed by atoms with Gasteiger partial charge in [-0.25, -0.2) is 4.99 Å². The van der Waals surface area contributed by atoms with Crippen molar-refractivity contribution in [1.82, 2.24) is 0 Å². The Hall–Kier alpha value is -5.94. The molecule has 0 bridgehead atoms. The number of benzene rings is 5. The van der Waals surface area contributed by atoms with Crippen molar-refractivity contribution >= 4 is 41.9 Å². The predicted molar refractivity (Wildman–Crippen MR) is 242 cm³/mol. The molecule has 0 saturated heterocycles. The lowest BCUT2D eigenvalue weighted by molar-refractivity contribution is 1.05. The molecule has 0 radical (unpaired) electrons. The number of para-hydroxylation sites is 1. The van der Waals surface area contributed by atoms with Crippen molar-refractivity contribution in [3.63, 3.8) is 0 Å². The minimum Gasteiger partial charge on any atom is -0.398 e. The van der Waals surface area contributed by atoms with Crippen LogP contribution in [0.25, 0.3) is 33.0 Å². The topological polar surface area (TPSA) is 87.0 Å². The molecule has 0 aliphatic heterocycles. The van der Waals surface area contributed by atoms with Crippen LogP contribution in [0.5, 0.6) is 0 Å². The predicted octanol–water partition coefficient (Wildman–Crippen LogP) is 13.0. The Balaban J connectivity index is 0.000000533. The number of aliphatic imine (C=N–C) groups is 3. The smallest absolute Gasteiger partial charge is 0.153 e. The van der Waals surface area contributed by atoms with E-state index in [0.29, 0.717) is 18.8 Å². The molecule has 0 heterocycles. The summed E-state index contributed by atoms with van der Waals surface area (Å²) in [5.74, 6) is 0.603. The van der Waals surface area contributed by atoms with Crippen LogP contribution in [0.15, 0.2) is 161 Å². The average Bonchev–Trinajstić information content (AvgIpc) is 3.21. The Morgan fingerprint density at radius 1 is 0.815 bits per heavy atom. The Bertz CT molecular complexity index is 2010. The van der Waals surface area contributed by atoms with Crippen LogP contribution in [0.2, 0.25) is 0 Å². The molecule has 5 nitrogen and oxygen atoms in total. The summed E-state index contributed by atoms with van der Waals surface area (Å²) in [5.41, 5.74) is 16.4. The quantitative estimate of drug-likeness (QED) is 0.0312. The minimum atomic E-state index is 0.525. The molecular weight excluding hydrogens is 659 g/mol. The van der Waals surface area contributed by atoms with Crippen molar-refractivity contribution in [3.8, 4) is 22.3 Å². The Morgan fingerprint density at radius 2 is 1.50 bits per heavy atom. The fraction of sp³-hybridized carbons (Fsp3) is 0.224. The second kappa shape index (κ2) is 25.9. The van der Waals surface area contributed by atoms with E-state index < -0.39 is 0 Å². The third kappa shape index (κ3) is 13.9. The number of anilines is 1. The molecule has 54 heavy (non-hydrogen) atoms. The first-order chi connectivity index (χ1) is 26.4. The maximum absolute atomic E-state index is 7.22. The van der Waals surface area contributed by atoms with Gasteiger partial charge in [-0.3, -0.25) is 9.98 Å². The van der Waals surface area contributed by atoms with Crippen LogP contribution in [-0.4, -0.2) is 38.6 Å². The van der Waals surface area contributed by atoms with Gasteiger partial charge in [-0.2, -0.15) is 0 Å². The number of nitrogens with two attached hydrogens (primary N) is 1. The van der Waals surface area contributed by atoms with Crippen LogP contribution < -0.4 is 5.73 Å². The maximum Gasteiger partial charge on any atom is 0.153 e. The largest absolute Gasteiger partial charge is 0.398 e. The fourth-order valence-electron chi connectivity index (χ4n) is 5.68. The van der Waals surface area contributed by atoms with Gasteiger partial charge in [0.2, 0.25) is 0 Å². The van der Waals surface area contributed by atoms with E-state index in [0.717, 1.165) is 53.7 Å². The number of hydrogen-bond donors (Lipinski definition) is 2. The van der Waals surface area contributed by atoms with E-state index in [1.165, 1.54) is 39.3 Å². The zero-order valence-electron chi connectivity index (χ0n) is 33.1. The average molecular weight is 718 g/mol. The van der Waals surface area contributed by atoms with Crippen molar-refractivity contribution in [3.05, 3.63) is 162 Å². The summed E-state index contributed by atoms with van der Waals surface area (Å²) in [7, 11) is 0. The SMILES string of the molecule is C=CCC.C=NC(=NCCC=N)c1cccc(-c2cccc(Cc3ccc4ccccc4c3-c3ccccc3N)c2)c1.C=NCC(/C=C\C)=C/CC.CC. The van der Waals surface area contributed by atoms with Crippen molar-refractivity contribution < 1.29 is 0 Å². The molecule has 0 amide bonds. The van der Waals surface area contributed by atoms with Gasteiger partial charge in [-0.15, -0.1) is 6.58 Å². The fourth-order valence-corrected chi connectivity index (χ4v) is 5.68. The molecule has 0 spiro atoms. The minimum absolute atomic E-state index is 0.525. The molecule has 0 aliphatic rings. The van der Waals surface area contributed by atoms with Gasteiger partial charge in [0, 0.05) is 29.8 Å². The summed E-state index contributed by atoms with van der Waals surface area (Å²) in [6, 6.07) is 37.9. The maximum atomic E-state index is 7.22. The first kappa shape index (κ1) is 44.2. The Labute approximate surface area is 325 Å². The lowest BCUT2D eigenvalue weighted by Crippen LogP contribution is -1.99. The van der Waals surface area contributed by atoms with Crippen molar-refractivity contribution in [2.24, 2.45) is 15.0 Å².